The van der Waals surface area contributed by atoms with Crippen LogP contribution in [0.3, 0.4) is 0 Å². The molecule has 3 aromatic carbocycles. The molecule has 3 rings (SSSR count). The van der Waals surface area contributed by atoms with E-state index in [2.05, 4.69) is 0 Å². The van der Waals surface area contributed by atoms with E-state index in [1.54, 1.807) is 37.4 Å². The molecule has 6 nitrogen and oxygen atoms in total. The maximum Gasteiger partial charge on any atom is 0.335 e. The number of hydrogen-bond donors (Lipinski definition) is 1. The summed E-state index contributed by atoms with van der Waals surface area (Å²) in [6.45, 7) is 0.185. The van der Waals surface area contributed by atoms with Gasteiger partial charge in [0.05, 0.1) is 17.6 Å². The fourth-order valence-corrected chi connectivity index (χ4v) is 4.45. The number of carboxylic acids is 1. The molecule has 0 aliphatic carbocycles. The molecule has 0 unspecified atom stereocenters. The third-order valence-corrected chi connectivity index (χ3v) is 6.56. The standard InChI is InChI=1S/C22H20ClNO5S/c1-29-20-4-2-3-17(13-20)15-24(14-16-5-7-18(8-6-16)22(25)26)30(27,28)21-11-9-19(23)10-12-21/h2-13H,14-15H2,1H3,(H,25,26). The van der Waals surface area contributed by atoms with Crippen LogP contribution >= 0.6 is 11.6 Å². The first-order valence-electron chi connectivity index (χ1n) is 9.00. The molecule has 0 radical (unpaired) electrons. The first kappa shape index (κ1) is 21.8. The van der Waals surface area contributed by atoms with Gasteiger partial charge in [-0.2, -0.15) is 4.31 Å². The minimum Gasteiger partial charge on any atom is -0.497 e. The van der Waals surface area contributed by atoms with Crippen molar-refractivity contribution in [3.63, 3.8) is 0 Å². The van der Waals surface area contributed by atoms with Crippen molar-refractivity contribution in [1.29, 1.82) is 0 Å². The van der Waals surface area contributed by atoms with Gasteiger partial charge in [0.25, 0.3) is 0 Å². The molecule has 8 heteroatoms. The monoisotopic (exact) mass is 445 g/mol. The van der Waals surface area contributed by atoms with Gasteiger partial charge in [0.15, 0.2) is 0 Å². The Morgan fingerprint density at radius 3 is 2.20 bits per heavy atom. The highest BCUT2D eigenvalue weighted by atomic mass is 35.5. The Kier molecular flexibility index (Phi) is 6.77. The lowest BCUT2D eigenvalue weighted by atomic mass is 10.1. The maximum atomic E-state index is 13.3. The molecule has 0 amide bonds. The van der Waals surface area contributed by atoms with Crippen LogP contribution in [0.4, 0.5) is 0 Å². The van der Waals surface area contributed by atoms with Crippen molar-refractivity contribution in [2.75, 3.05) is 7.11 Å². The lowest BCUT2D eigenvalue weighted by Crippen LogP contribution is -2.30. The molecule has 0 spiro atoms. The Morgan fingerprint density at radius 2 is 1.60 bits per heavy atom. The number of ether oxygens (including phenoxy) is 1. The van der Waals surface area contributed by atoms with Crippen molar-refractivity contribution in [3.8, 4) is 5.75 Å². The number of hydrogen-bond acceptors (Lipinski definition) is 4. The Morgan fingerprint density at radius 1 is 0.967 bits per heavy atom. The van der Waals surface area contributed by atoms with Crippen LogP contribution in [0.1, 0.15) is 21.5 Å². The van der Waals surface area contributed by atoms with Crippen molar-refractivity contribution in [2.45, 2.75) is 18.0 Å². The average molecular weight is 446 g/mol. The van der Waals surface area contributed by atoms with Gasteiger partial charge in [-0.3, -0.25) is 0 Å². The number of carbonyl (C=O) groups is 1. The summed E-state index contributed by atoms with van der Waals surface area (Å²) >= 11 is 5.90. The van der Waals surface area contributed by atoms with Gasteiger partial charge in [-0.25, -0.2) is 13.2 Å². The van der Waals surface area contributed by atoms with Gasteiger partial charge >= 0.3 is 5.97 Å². The number of benzene rings is 3. The Labute approximate surface area is 180 Å². The Balaban J connectivity index is 1.96. The van der Waals surface area contributed by atoms with E-state index in [4.69, 9.17) is 21.4 Å². The molecule has 156 valence electrons. The molecule has 0 bridgehead atoms. The van der Waals surface area contributed by atoms with E-state index in [0.29, 0.717) is 16.3 Å². The topological polar surface area (TPSA) is 83.9 Å². The van der Waals surface area contributed by atoms with E-state index in [9.17, 15) is 13.2 Å². The lowest BCUT2D eigenvalue weighted by molar-refractivity contribution is 0.0697. The number of halogens is 1. The summed E-state index contributed by atoms with van der Waals surface area (Å²) in [6, 6.07) is 19.3. The molecule has 0 atom stereocenters. The number of aromatic carboxylic acids is 1. The number of rotatable bonds is 8. The summed E-state index contributed by atoms with van der Waals surface area (Å²) in [7, 11) is -2.30. The number of carboxylic acid groups (broad SMARTS) is 1. The normalized spacial score (nSPS) is 11.4. The van der Waals surface area contributed by atoms with Crippen LogP contribution in [0.5, 0.6) is 5.75 Å². The van der Waals surface area contributed by atoms with Crippen molar-refractivity contribution < 1.29 is 23.1 Å². The smallest absolute Gasteiger partial charge is 0.335 e. The molecular formula is C22H20ClNO5S. The minimum absolute atomic E-state index is 0.0715. The first-order chi connectivity index (χ1) is 14.3. The van der Waals surface area contributed by atoms with E-state index >= 15 is 0 Å². The van der Waals surface area contributed by atoms with Gasteiger partial charge in [-0.1, -0.05) is 35.9 Å². The van der Waals surface area contributed by atoms with Gasteiger partial charge < -0.3 is 9.84 Å². The van der Waals surface area contributed by atoms with Crippen molar-refractivity contribution >= 4 is 27.6 Å². The van der Waals surface area contributed by atoms with Crippen LogP contribution in [0.15, 0.2) is 77.7 Å². The van der Waals surface area contributed by atoms with Crippen molar-refractivity contribution in [1.82, 2.24) is 4.31 Å². The van der Waals surface area contributed by atoms with Crippen molar-refractivity contribution in [3.05, 3.63) is 94.5 Å². The SMILES string of the molecule is COc1cccc(CN(Cc2ccc(C(=O)O)cc2)S(=O)(=O)c2ccc(Cl)cc2)c1. The summed E-state index contributed by atoms with van der Waals surface area (Å²) in [6.07, 6.45) is 0. The van der Waals surface area contributed by atoms with Crippen LogP contribution < -0.4 is 4.74 Å². The molecular weight excluding hydrogens is 426 g/mol. The van der Waals surface area contributed by atoms with Gasteiger partial charge in [0.1, 0.15) is 5.75 Å². The molecule has 1 N–H and O–H groups in total. The Hall–Kier alpha value is -2.87. The van der Waals surface area contributed by atoms with E-state index in [1.807, 2.05) is 6.07 Å². The molecule has 0 aliphatic heterocycles. The zero-order valence-corrected chi connectivity index (χ0v) is 17.7. The lowest BCUT2D eigenvalue weighted by Gasteiger charge is -2.23. The van der Waals surface area contributed by atoms with Crippen LogP contribution in [-0.2, 0) is 23.1 Å². The van der Waals surface area contributed by atoms with Crippen LogP contribution in [0.2, 0.25) is 5.02 Å². The molecule has 0 aliphatic rings. The van der Waals surface area contributed by atoms with Crippen LogP contribution in [-0.4, -0.2) is 30.9 Å². The molecule has 0 aromatic heterocycles. The number of nitrogens with zero attached hydrogens (tertiary/aromatic N) is 1. The van der Waals surface area contributed by atoms with E-state index in [0.717, 1.165) is 5.56 Å². The minimum atomic E-state index is -3.84. The highest BCUT2D eigenvalue weighted by Crippen LogP contribution is 2.24. The molecule has 0 saturated heterocycles. The molecule has 3 aromatic rings. The average Bonchev–Trinajstić information content (AvgIpc) is 2.74. The van der Waals surface area contributed by atoms with E-state index in [1.165, 1.54) is 40.7 Å². The molecule has 0 saturated carbocycles. The van der Waals surface area contributed by atoms with E-state index < -0.39 is 16.0 Å². The van der Waals surface area contributed by atoms with Crippen LogP contribution in [0.25, 0.3) is 0 Å². The number of sulfonamides is 1. The fourth-order valence-electron chi connectivity index (χ4n) is 2.91. The molecule has 0 fully saturated rings. The second-order valence-electron chi connectivity index (χ2n) is 6.58. The fraction of sp³-hybridized carbons (Fsp3) is 0.136. The maximum absolute atomic E-state index is 13.3. The van der Waals surface area contributed by atoms with E-state index in [-0.39, 0.29) is 23.5 Å². The van der Waals surface area contributed by atoms with Gasteiger partial charge in [-0.15, -0.1) is 0 Å². The predicted octanol–water partition coefficient (Wildman–Crippen LogP) is 4.44. The summed E-state index contributed by atoms with van der Waals surface area (Å²) in [5.41, 5.74) is 1.56. The summed E-state index contributed by atoms with van der Waals surface area (Å²) < 4.78 is 33.2. The van der Waals surface area contributed by atoms with Gasteiger partial charge in [-0.05, 0) is 59.7 Å². The first-order valence-corrected chi connectivity index (χ1v) is 10.8. The highest BCUT2D eigenvalue weighted by molar-refractivity contribution is 7.89. The third-order valence-electron chi connectivity index (χ3n) is 4.50. The van der Waals surface area contributed by atoms with Gasteiger partial charge in [0, 0.05) is 18.1 Å². The third kappa shape index (κ3) is 5.18. The quantitative estimate of drug-likeness (QED) is 0.554. The summed E-state index contributed by atoms with van der Waals surface area (Å²) in [4.78, 5) is 11.2. The van der Waals surface area contributed by atoms with Crippen molar-refractivity contribution in [2.24, 2.45) is 0 Å². The van der Waals surface area contributed by atoms with Crippen LogP contribution in [0, 0.1) is 0 Å². The second kappa shape index (κ2) is 9.30. The zero-order valence-electron chi connectivity index (χ0n) is 16.2. The second-order valence-corrected chi connectivity index (χ2v) is 8.95. The summed E-state index contributed by atoms with van der Waals surface area (Å²) in [5.74, 6) is -0.411. The highest BCUT2D eigenvalue weighted by Gasteiger charge is 2.25. The summed E-state index contributed by atoms with van der Waals surface area (Å²) in [5, 5.41) is 9.52. The molecule has 30 heavy (non-hydrogen) atoms. The Bertz CT molecular complexity index is 1130. The number of methoxy groups -OCH3 is 1. The van der Waals surface area contributed by atoms with Gasteiger partial charge in [0.2, 0.25) is 10.0 Å². The molecule has 0 heterocycles. The largest absolute Gasteiger partial charge is 0.497 e. The predicted molar refractivity (Wildman–Crippen MR) is 114 cm³/mol. The zero-order chi connectivity index (χ0) is 21.7.